The largest absolute Gasteiger partial charge is 0.493 e. The van der Waals surface area contributed by atoms with Gasteiger partial charge < -0.3 is 19.3 Å². The molecule has 3 heterocycles. The molecule has 1 atom stereocenters. The standard InChI is InChI=1S/C14H15N3O3/c1-2-11-9(3-5-18-11)7-10(1)14-16-13(17-20-14)12-8-15-4-6-19-12/h1-2,7,12,15H,3-6,8H2. The summed E-state index contributed by atoms with van der Waals surface area (Å²) in [4.78, 5) is 4.45. The van der Waals surface area contributed by atoms with Gasteiger partial charge in [-0.05, 0) is 23.8 Å². The Bertz CT molecular complexity index is 620. The first-order valence-electron chi connectivity index (χ1n) is 6.82. The number of hydrogen-bond donors (Lipinski definition) is 1. The van der Waals surface area contributed by atoms with E-state index in [0.29, 0.717) is 18.3 Å². The van der Waals surface area contributed by atoms with E-state index in [2.05, 4.69) is 21.5 Å². The van der Waals surface area contributed by atoms with Gasteiger partial charge in [0.2, 0.25) is 5.82 Å². The molecule has 20 heavy (non-hydrogen) atoms. The predicted octanol–water partition coefficient (Wildman–Crippen LogP) is 1.33. The summed E-state index contributed by atoms with van der Waals surface area (Å²) in [6, 6.07) is 5.96. The van der Waals surface area contributed by atoms with E-state index in [1.54, 1.807) is 0 Å². The fourth-order valence-electron chi connectivity index (χ4n) is 2.53. The third-order valence-corrected chi connectivity index (χ3v) is 3.59. The lowest BCUT2D eigenvalue weighted by molar-refractivity contribution is 0.0208. The van der Waals surface area contributed by atoms with Gasteiger partial charge in [0.15, 0.2) is 0 Å². The Hall–Kier alpha value is -1.92. The smallest absolute Gasteiger partial charge is 0.258 e. The van der Waals surface area contributed by atoms with Crippen LogP contribution in [0.1, 0.15) is 17.5 Å². The molecule has 1 aromatic heterocycles. The average Bonchev–Trinajstić information content (AvgIpc) is 3.16. The number of rotatable bonds is 2. The number of ether oxygens (including phenoxy) is 2. The van der Waals surface area contributed by atoms with Crippen LogP contribution in [0.5, 0.6) is 5.75 Å². The van der Waals surface area contributed by atoms with Gasteiger partial charge in [0, 0.05) is 25.1 Å². The molecule has 6 heteroatoms. The lowest BCUT2D eigenvalue weighted by Crippen LogP contribution is -2.33. The summed E-state index contributed by atoms with van der Waals surface area (Å²) in [6.45, 7) is 3.00. The lowest BCUT2D eigenvalue weighted by Gasteiger charge is -2.20. The van der Waals surface area contributed by atoms with Gasteiger partial charge in [0.25, 0.3) is 5.89 Å². The van der Waals surface area contributed by atoms with Crippen LogP contribution in [0.2, 0.25) is 0 Å². The average molecular weight is 273 g/mol. The van der Waals surface area contributed by atoms with Crippen molar-refractivity contribution in [2.45, 2.75) is 12.5 Å². The Morgan fingerprint density at radius 2 is 2.25 bits per heavy atom. The lowest BCUT2D eigenvalue weighted by atomic mass is 10.1. The summed E-state index contributed by atoms with van der Waals surface area (Å²) in [5.74, 6) is 2.08. The third kappa shape index (κ3) is 2.07. The van der Waals surface area contributed by atoms with Crippen LogP contribution in [-0.4, -0.2) is 36.4 Å². The number of aromatic nitrogens is 2. The summed E-state index contributed by atoms with van der Waals surface area (Å²) in [6.07, 6.45) is 0.804. The molecule has 0 radical (unpaired) electrons. The molecular formula is C14H15N3O3. The second kappa shape index (κ2) is 4.88. The summed E-state index contributed by atoms with van der Waals surface area (Å²) in [5, 5.41) is 7.28. The Labute approximate surface area is 116 Å². The van der Waals surface area contributed by atoms with Crippen molar-refractivity contribution in [1.29, 1.82) is 0 Å². The maximum absolute atomic E-state index is 5.62. The van der Waals surface area contributed by atoms with Gasteiger partial charge in [-0.1, -0.05) is 5.16 Å². The molecule has 0 saturated carbocycles. The maximum atomic E-state index is 5.62. The zero-order valence-corrected chi connectivity index (χ0v) is 11.0. The molecule has 104 valence electrons. The molecule has 0 spiro atoms. The van der Waals surface area contributed by atoms with Gasteiger partial charge >= 0.3 is 0 Å². The highest BCUT2D eigenvalue weighted by Crippen LogP contribution is 2.30. The monoisotopic (exact) mass is 273 g/mol. The molecule has 1 saturated heterocycles. The molecule has 0 bridgehead atoms. The van der Waals surface area contributed by atoms with Crippen LogP contribution in [0.25, 0.3) is 11.5 Å². The minimum absolute atomic E-state index is 0.126. The predicted molar refractivity (Wildman–Crippen MR) is 70.5 cm³/mol. The van der Waals surface area contributed by atoms with Gasteiger partial charge in [-0.2, -0.15) is 4.98 Å². The number of nitrogens with one attached hydrogen (secondary N) is 1. The van der Waals surface area contributed by atoms with E-state index in [0.717, 1.165) is 37.4 Å². The number of benzene rings is 1. The van der Waals surface area contributed by atoms with Crippen LogP contribution in [0.3, 0.4) is 0 Å². The molecular weight excluding hydrogens is 258 g/mol. The van der Waals surface area contributed by atoms with E-state index in [-0.39, 0.29) is 6.10 Å². The summed E-state index contributed by atoms with van der Waals surface area (Å²) >= 11 is 0. The van der Waals surface area contributed by atoms with Gasteiger partial charge in [-0.3, -0.25) is 0 Å². The molecule has 1 unspecified atom stereocenters. The highest BCUT2D eigenvalue weighted by atomic mass is 16.5. The third-order valence-electron chi connectivity index (χ3n) is 3.59. The van der Waals surface area contributed by atoms with Crippen molar-refractivity contribution in [2.75, 3.05) is 26.3 Å². The molecule has 0 amide bonds. The molecule has 1 fully saturated rings. The zero-order valence-electron chi connectivity index (χ0n) is 11.0. The van der Waals surface area contributed by atoms with E-state index in [9.17, 15) is 0 Å². The van der Waals surface area contributed by atoms with Gasteiger partial charge in [0.1, 0.15) is 11.9 Å². The van der Waals surface area contributed by atoms with Crippen molar-refractivity contribution < 1.29 is 14.0 Å². The van der Waals surface area contributed by atoms with Crippen LogP contribution in [0, 0.1) is 0 Å². The summed E-state index contributed by atoms with van der Waals surface area (Å²) in [5.41, 5.74) is 2.12. The molecule has 0 aliphatic carbocycles. The number of morpholine rings is 1. The fourth-order valence-corrected chi connectivity index (χ4v) is 2.53. The maximum Gasteiger partial charge on any atom is 0.258 e. The first-order chi connectivity index (χ1) is 9.90. The Balaban J connectivity index is 1.61. The molecule has 6 nitrogen and oxygen atoms in total. The van der Waals surface area contributed by atoms with Crippen molar-refractivity contribution in [2.24, 2.45) is 0 Å². The van der Waals surface area contributed by atoms with Crippen LogP contribution in [0.15, 0.2) is 22.7 Å². The van der Waals surface area contributed by atoms with Crippen molar-refractivity contribution in [3.63, 3.8) is 0 Å². The van der Waals surface area contributed by atoms with Crippen molar-refractivity contribution >= 4 is 0 Å². The molecule has 2 aliphatic rings. The topological polar surface area (TPSA) is 69.4 Å². The first kappa shape index (κ1) is 11.9. The van der Waals surface area contributed by atoms with Crippen molar-refractivity contribution in [1.82, 2.24) is 15.5 Å². The van der Waals surface area contributed by atoms with Gasteiger partial charge in [0.05, 0.1) is 13.2 Å². The highest BCUT2D eigenvalue weighted by Gasteiger charge is 2.22. The van der Waals surface area contributed by atoms with E-state index < -0.39 is 0 Å². The molecule has 2 aromatic rings. The van der Waals surface area contributed by atoms with Crippen LogP contribution in [0.4, 0.5) is 0 Å². The molecule has 1 N–H and O–H groups in total. The molecule has 1 aromatic carbocycles. The van der Waals surface area contributed by atoms with Gasteiger partial charge in [-0.15, -0.1) is 0 Å². The number of fused-ring (bicyclic) bond motifs is 1. The van der Waals surface area contributed by atoms with E-state index >= 15 is 0 Å². The van der Waals surface area contributed by atoms with Crippen molar-refractivity contribution in [3.05, 3.63) is 29.6 Å². The summed E-state index contributed by atoms with van der Waals surface area (Å²) in [7, 11) is 0. The summed E-state index contributed by atoms with van der Waals surface area (Å²) < 4.78 is 16.5. The SMILES string of the molecule is c1cc2c(cc1-c1nc(C3CNCCO3)no1)CCO2. The quantitative estimate of drug-likeness (QED) is 0.890. The Kier molecular flexibility index (Phi) is 2.90. The van der Waals surface area contributed by atoms with Gasteiger partial charge in [-0.25, -0.2) is 0 Å². The van der Waals surface area contributed by atoms with E-state index in [1.807, 2.05) is 12.1 Å². The molecule has 4 rings (SSSR count). The normalized spacial score (nSPS) is 21.5. The van der Waals surface area contributed by atoms with Crippen LogP contribution >= 0.6 is 0 Å². The van der Waals surface area contributed by atoms with E-state index in [1.165, 1.54) is 5.56 Å². The Morgan fingerprint density at radius 3 is 3.15 bits per heavy atom. The number of nitrogens with zero attached hydrogens (tertiary/aromatic N) is 2. The van der Waals surface area contributed by atoms with E-state index in [4.69, 9.17) is 14.0 Å². The number of hydrogen-bond acceptors (Lipinski definition) is 6. The zero-order chi connectivity index (χ0) is 13.4. The highest BCUT2D eigenvalue weighted by molar-refractivity contribution is 5.58. The minimum Gasteiger partial charge on any atom is -0.493 e. The van der Waals surface area contributed by atoms with Crippen LogP contribution < -0.4 is 10.1 Å². The Morgan fingerprint density at radius 1 is 1.25 bits per heavy atom. The minimum atomic E-state index is -0.126. The molecule has 2 aliphatic heterocycles. The second-order valence-electron chi connectivity index (χ2n) is 4.94. The van der Waals surface area contributed by atoms with Crippen LogP contribution in [-0.2, 0) is 11.2 Å². The second-order valence-corrected chi connectivity index (χ2v) is 4.94. The van der Waals surface area contributed by atoms with Crippen molar-refractivity contribution in [3.8, 4) is 17.2 Å². The fraction of sp³-hybridized carbons (Fsp3) is 0.429. The first-order valence-corrected chi connectivity index (χ1v) is 6.82.